The topological polar surface area (TPSA) is 37.3 Å². The minimum atomic E-state index is -0.153. The number of allylic oxidation sites excluding steroid dienone is 1. The highest BCUT2D eigenvalue weighted by atomic mass is 16.3. The molecule has 0 atom stereocenters. The molecule has 0 aromatic rings. The van der Waals surface area contributed by atoms with Crippen LogP contribution >= 0.6 is 0 Å². The summed E-state index contributed by atoms with van der Waals surface area (Å²) in [6, 6.07) is 0. The molecule has 0 aliphatic heterocycles. The largest absolute Gasteiger partial charge is 0.392 e. The lowest BCUT2D eigenvalue weighted by atomic mass is 10.3. The maximum atomic E-state index is 9.74. The molecule has 0 radical (unpaired) electrons. The highest BCUT2D eigenvalue weighted by molar-refractivity contribution is 5.73. The molecule has 0 aliphatic rings. The molecular weight excluding hydrogens is 92.1 g/mol. The third kappa shape index (κ3) is 2.11. The van der Waals surface area contributed by atoms with Crippen molar-refractivity contribution in [2.45, 2.75) is 6.92 Å². The summed E-state index contributed by atoms with van der Waals surface area (Å²) in [5.41, 5.74) is 0.431. The van der Waals surface area contributed by atoms with E-state index in [2.05, 4.69) is 0 Å². The van der Waals surface area contributed by atoms with Crippen LogP contribution in [0.3, 0.4) is 0 Å². The van der Waals surface area contributed by atoms with E-state index in [9.17, 15) is 4.79 Å². The second-order valence-corrected chi connectivity index (χ2v) is 1.14. The number of hydrogen-bond donors (Lipinski definition) is 1. The van der Waals surface area contributed by atoms with Gasteiger partial charge in [0.1, 0.15) is 6.29 Å². The quantitative estimate of drug-likeness (QED) is 0.395. The molecule has 0 heterocycles. The lowest BCUT2D eigenvalue weighted by Gasteiger charge is -1.83. The van der Waals surface area contributed by atoms with Gasteiger partial charge in [0.15, 0.2) is 0 Å². The van der Waals surface area contributed by atoms with E-state index in [0.29, 0.717) is 11.9 Å². The van der Waals surface area contributed by atoms with E-state index in [-0.39, 0.29) is 6.61 Å². The van der Waals surface area contributed by atoms with E-state index in [1.54, 1.807) is 13.0 Å². The van der Waals surface area contributed by atoms with Gasteiger partial charge in [-0.25, -0.2) is 0 Å². The van der Waals surface area contributed by atoms with Gasteiger partial charge >= 0.3 is 0 Å². The Morgan fingerprint density at radius 3 is 2.43 bits per heavy atom. The molecule has 40 valence electrons. The highest BCUT2D eigenvalue weighted by Crippen LogP contribution is 1.82. The molecule has 0 saturated heterocycles. The average molecular weight is 100 g/mol. The van der Waals surface area contributed by atoms with Gasteiger partial charge in [-0.15, -0.1) is 0 Å². The summed E-state index contributed by atoms with van der Waals surface area (Å²) in [4.78, 5) is 9.74. The van der Waals surface area contributed by atoms with Crippen molar-refractivity contribution in [1.82, 2.24) is 0 Å². The fourth-order valence-electron chi connectivity index (χ4n) is 0.197. The van der Waals surface area contributed by atoms with Crippen LogP contribution in [0.25, 0.3) is 0 Å². The van der Waals surface area contributed by atoms with Crippen LogP contribution < -0.4 is 0 Å². The van der Waals surface area contributed by atoms with Gasteiger partial charge in [-0.3, -0.25) is 4.79 Å². The maximum Gasteiger partial charge on any atom is 0.148 e. The summed E-state index contributed by atoms with van der Waals surface area (Å²) in [5.74, 6) is 0. The first kappa shape index (κ1) is 6.37. The number of rotatable bonds is 2. The molecule has 0 fully saturated rings. The molecule has 2 nitrogen and oxygen atoms in total. The third-order valence-electron chi connectivity index (χ3n) is 0.705. The van der Waals surface area contributed by atoms with Gasteiger partial charge in [-0.2, -0.15) is 0 Å². The molecule has 0 saturated carbocycles. The number of carbonyl (C=O) groups is 1. The zero-order chi connectivity index (χ0) is 5.70. The van der Waals surface area contributed by atoms with Gasteiger partial charge in [-0.05, 0) is 6.92 Å². The smallest absolute Gasteiger partial charge is 0.148 e. The van der Waals surface area contributed by atoms with Crippen molar-refractivity contribution in [3.63, 3.8) is 0 Å². The summed E-state index contributed by atoms with van der Waals surface area (Å²) in [5, 5.41) is 8.23. The van der Waals surface area contributed by atoms with Crippen molar-refractivity contribution in [3.05, 3.63) is 11.6 Å². The molecule has 7 heavy (non-hydrogen) atoms. The van der Waals surface area contributed by atoms with Crippen LogP contribution in [-0.2, 0) is 4.79 Å². The molecule has 1 N–H and O–H groups in total. The Kier molecular flexibility index (Phi) is 3.24. The molecular formula is C5H8O2. The Bertz CT molecular complexity index is 84.1. The molecule has 0 spiro atoms. The second-order valence-electron chi connectivity index (χ2n) is 1.14. The van der Waals surface area contributed by atoms with Crippen LogP contribution in [0.5, 0.6) is 0 Å². The summed E-state index contributed by atoms with van der Waals surface area (Å²) in [6.45, 7) is 1.56. The van der Waals surface area contributed by atoms with Crippen LogP contribution in [0.4, 0.5) is 0 Å². The predicted octanol–water partition coefficient (Wildman–Crippen LogP) is 0.124. The first-order valence-electron chi connectivity index (χ1n) is 2.06. The van der Waals surface area contributed by atoms with Crippen molar-refractivity contribution >= 4 is 6.29 Å². The van der Waals surface area contributed by atoms with E-state index < -0.39 is 0 Å². The summed E-state index contributed by atoms with van der Waals surface area (Å²) < 4.78 is 0. The molecule has 0 aliphatic carbocycles. The zero-order valence-corrected chi connectivity index (χ0v) is 4.22. The molecule has 0 bridgehead atoms. The van der Waals surface area contributed by atoms with Gasteiger partial charge in [0.25, 0.3) is 0 Å². The molecule has 0 aromatic carbocycles. The van der Waals surface area contributed by atoms with Crippen LogP contribution in [0.1, 0.15) is 6.92 Å². The van der Waals surface area contributed by atoms with Crippen molar-refractivity contribution in [3.8, 4) is 0 Å². The Labute approximate surface area is 42.5 Å². The minimum absolute atomic E-state index is 0.153. The monoisotopic (exact) mass is 100 g/mol. The fraction of sp³-hybridized carbons (Fsp3) is 0.400. The number of aliphatic hydroxyl groups excluding tert-OH is 1. The van der Waals surface area contributed by atoms with Gasteiger partial charge in [0, 0.05) is 5.57 Å². The van der Waals surface area contributed by atoms with Gasteiger partial charge in [0.05, 0.1) is 6.61 Å². The average Bonchev–Trinajstić information content (AvgIpc) is 1.72. The standard InChI is InChI=1S/C5H8O2/c1-2-5(3-6)4-7/h2-3,7H,4H2,1H3/b5-2+. The van der Waals surface area contributed by atoms with Crippen LogP contribution in [0.2, 0.25) is 0 Å². The summed E-state index contributed by atoms with van der Waals surface area (Å²) >= 11 is 0. The minimum Gasteiger partial charge on any atom is -0.392 e. The normalized spacial score (nSPS) is 11.4. The molecule has 0 unspecified atom stereocenters. The second kappa shape index (κ2) is 3.56. The van der Waals surface area contributed by atoms with Crippen LogP contribution in [0, 0.1) is 0 Å². The number of hydrogen-bond acceptors (Lipinski definition) is 2. The SMILES string of the molecule is C/C=C(\C=O)CO. The fourth-order valence-corrected chi connectivity index (χ4v) is 0.197. The van der Waals surface area contributed by atoms with E-state index in [0.717, 1.165) is 0 Å². The predicted molar refractivity (Wildman–Crippen MR) is 26.9 cm³/mol. The number of aldehydes is 1. The van der Waals surface area contributed by atoms with Crippen molar-refractivity contribution in [1.29, 1.82) is 0 Å². The maximum absolute atomic E-state index is 9.74. The van der Waals surface area contributed by atoms with Gasteiger partial charge in [0.2, 0.25) is 0 Å². The van der Waals surface area contributed by atoms with E-state index in [1.165, 1.54) is 0 Å². The van der Waals surface area contributed by atoms with Gasteiger partial charge in [-0.1, -0.05) is 6.08 Å². The zero-order valence-electron chi connectivity index (χ0n) is 4.22. The molecule has 0 aromatic heterocycles. The number of aliphatic hydroxyl groups is 1. The van der Waals surface area contributed by atoms with Gasteiger partial charge < -0.3 is 5.11 Å². The van der Waals surface area contributed by atoms with Crippen LogP contribution in [-0.4, -0.2) is 18.0 Å². The van der Waals surface area contributed by atoms with Crippen molar-refractivity contribution in [2.75, 3.05) is 6.61 Å². The first-order valence-corrected chi connectivity index (χ1v) is 2.06. The third-order valence-corrected chi connectivity index (χ3v) is 0.705. The molecule has 0 amide bonds. The first-order chi connectivity index (χ1) is 3.35. The molecule has 2 heteroatoms. The summed E-state index contributed by atoms with van der Waals surface area (Å²) in [6.07, 6.45) is 2.22. The van der Waals surface area contributed by atoms with Crippen molar-refractivity contribution < 1.29 is 9.90 Å². The van der Waals surface area contributed by atoms with E-state index in [4.69, 9.17) is 5.11 Å². The molecule has 0 rings (SSSR count). The lowest BCUT2D eigenvalue weighted by molar-refractivity contribution is -0.105. The Hall–Kier alpha value is -0.630. The Morgan fingerprint density at radius 1 is 1.86 bits per heavy atom. The van der Waals surface area contributed by atoms with E-state index >= 15 is 0 Å². The summed E-state index contributed by atoms with van der Waals surface area (Å²) in [7, 11) is 0. The Balaban J connectivity index is 3.60. The highest BCUT2D eigenvalue weighted by Gasteiger charge is 1.83. The van der Waals surface area contributed by atoms with Crippen LogP contribution in [0.15, 0.2) is 11.6 Å². The van der Waals surface area contributed by atoms with E-state index in [1.807, 2.05) is 0 Å². The lowest BCUT2D eigenvalue weighted by Crippen LogP contribution is -1.88. The van der Waals surface area contributed by atoms with Crippen molar-refractivity contribution in [2.24, 2.45) is 0 Å². The number of carbonyl (C=O) groups excluding carboxylic acids is 1. The Morgan fingerprint density at radius 2 is 2.43 bits per heavy atom.